The first-order chi connectivity index (χ1) is 8.24. The number of fused-ring (bicyclic) bond motifs is 1. The number of aromatic nitrogens is 2. The van der Waals surface area contributed by atoms with Gasteiger partial charge in [0.2, 0.25) is 0 Å². The molecule has 2 heterocycles. The zero-order valence-corrected chi connectivity index (χ0v) is 9.84. The fourth-order valence-corrected chi connectivity index (χ4v) is 2.05. The van der Waals surface area contributed by atoms with Gasteiger partial charge in [-0.2, -0.15) is 0 Å². The van der Waals surface area contributed by atoms with Gasteiger partial charge < -0.3 is 9.30 Å². The van der Waals surface area contributed by atoms with E-state index in [1.165, 1.54) is 6.40 Å². The van der Waals surface area contributed by atoms with E-state index in [1.807, 2.05) is 30.9 Å². The highest BCUT2D eigenvalue weighted by Gasteiger charge is 2.12. The fourth-order valence-electron chi connectivity index (χ4n) is 2.05. The molecule has 0 bridgehead atoms. The van der Waals surface area contributed by atoms with Crippen molar-refractivity contribution in [2.75, 3.05) is 0 Å². The minimum absolute atomic E-state index is 0.678. The lowest BCUT2D eigenvalue weighted by atomic mass is 10.1. The average molecular weight is 227 g/mol. The molecule has 1 aliphatic rings. The Bertz CT molecular complexity index is 599. The smallest absolute Gasteiger partial charge is 0.176 e. The molecule has 0 aliphatic carbocycles. The van der Waals surface area contributed by atoms with Gasteiger partial charge in [0, 0.05) is 17.4 Å². The first-order valence-electron chi connectivity index (χ1n) is 5.53. The predicted octanol–water partition coefficient (Wildman–Crippen LogP) is 2.41. The van der Waals surface area contributed by atoms with Crippen LogP contribution in [0.3, 0.4) is 0 Å². The third-order valence-electron chi connectivity index (χ3n) is 2.85. The van der Waals surface area contributed by atoms with Crippen molar-refractivity contribution >= 4 is 6.40 Å². The molecule has 0 atom stereocenters. The number of hydrogen-bond donors (Lipinski definition) is 0. The summed E-state index contributed by atoms with van der Waals surface area (Å²) < 4.78 is 7.45. The number of hydrogen-bond acceptors (Lipinski definition) is 3. The van der Waals surface area contributed by atoms with E-state index in [9.17, 15) is 0 Å². The maximum Gasteiger partial charge on any atom is 0.176 e. The highest BCUT2D eigenvalue weighted by molar-refractivity contribution is 5.61. The fraction of sp³-hybridized carbons (Fsp3) is 0.231. The lowest BCUT2D eigenvalue weighted by molar-refractivity contribution is 0.541. The number of nitrogens with zero attached hydrogens (tertiary/aromatic N) is 3. The lowest BCUT2D eigenvalue weighted by Crippen LogP contribution is -2.05. The van der Waals surface area contributed by atoms with Crippen molar-refractivity contribution < 1.29 is 4.74 Å². The van der Waals surface area contributed by atoms with Gasteiger partial charge in [0.25, 0.3) is 0 Å². The Hall–Kier alpha value is -2.10. The Morgan fingerprint density at radius 3 is 2.94 bits per heavy atom. The van der Waals surface area contributed by atoms with Crippen molar-refractivity contribution in [1.29, 1.82) is 0 Å². The molecule has 0 saturated heterocycles. The van der Waals surface area contributed by atoms with Gasteiger partial charge in [-0.3, -0.25) is 4.99 Å². The van der Waals surface area contributed by atoms with Gasteiger partial charge in [-0.25, -0.2) is 4.98 Å². The van der Waals surface area contributed by atoms with E-state index in [2.05, 4.69) is 22.1 Å². The maximum atomic E-state index is 5.43. The molecule has 2 aromatic rings. The molecule has 1 aromatic carbocycles. The molecule has 0 unspecified atom stereocenters. The number of aryl methyl sites for hydroxylation is 2. The second kappa shape index (κ2) is 3.73. The van der Waals surface area contributed by atoms with Crippen LogP contribution in [0.1, 0.15) is 16.8 Å². The van der Waals surface area contributed by atoms with Crippen molar-refractivity contribution in [3.8, 4) is 11.4 Å². The molecule has 0 N–H and O–H groups in total. The van der Waals surface area contributed by atoms with E-state index in [0.717, 1.165) is 28.3 Å². The molecular weight excluding hydrogens is 214 g/mol. The minimum atomic E-state index is 0.678. The molecule has 0 spiro atoms. The Kier molecular flexibility index (Phi) is 2.21. The Balaban J connectivity index is 2.11. The van der Waals surface area contributed by atoms with Crippen LogP contribution in [0, 0.1) is 13.8 Å². The molecule has 17 heavy (non-hydrogen) atoms. The third kappa shape index (κ3) is 1.71. The van der Waals surface area contributed by atoms with E-state index in [4.69, 9.17) is 4.74 Å². The normalized spacial score (nSPS) is 13.3. The standard InChI is InChI=1S/C13H13N3O/c1-9-3-12(16-6-10(2)15-7-16)4-11-5-14-8-17-13(9)11/h3-4,6-8H,5H2,1-2H3. The van der Waals surface area contributed by atoms with Gasteiger partial charge in [0.15, 0.2) is 6.40 Å². The summed E-state index contributed by atoms with van der Waals surface area (Å²) in [7, 11) is 0. The SMILES string of the molecule is Cc1cn(-c2cc(C)c3c(c2)CN=CO3)cn1. The summed E-state index contributed by atoms with van der Waals surface area (Å²) >= 11 is 0. The van der Waals surface area contributed by atoms with Crippen molar-refractivity contribution in [2.24, 2.45) is 4.99 Å². The zero-order valence-electron chi connectivity index (χ0n) is 9.84. The first-order valence-corrected chi connectivity index (χ1v) is 5.53. The summed E-state index contributed by atoms with van der Waals surface area (Å²) in [6.07, 6.45) is 5.34. The van der Waals surface area contributed by atoms with E-state index in [1.54, 1.807) is 0 Å². The molecule has 1 aromatic heterocycles. The molecule has 4 nitrogen and oxygen atoms in total. The van der Waals surface area contributed by atoms with E-state index in [0.29, 0.717) is 6.54 Å². The summed E-state index contributed by atoms with van der Waals surface area (Å²) in [5.41, 5.74) is 4.35. The number of ether oxygens (including phenoxy) is 1. The van der Waals surface area contributed by atoms with Crippen LogP contribution in [-0.4, -0.2) is 16.0 Å². The van der Waals surface area contributed by atoms with Crippen LogP contribution in [0.2, 0.25) is 0 Å². The molecular formula is C13H13N3O. The largest absolute Gasteiger partial charge is 0.446 e. The summed E-state index contributed by atoms with van der Waals surface area (Å²) in [5.74, 6) is 0.931. The van der Waals surface area contributed by atoms with Crippen molar-refractivity contribution in [1.82, 2.24) is 9.55 Å². The highest BCUT2D eigenvalue weighted by Crippen LogP contribution is 2.29. The molecule has 3 rings (SSSR count). The number of rotatable bonds is 1. The van der Waals surface area contributed by atoms with E-state index >= 15 is 0 Å². The Morgan fingerprint density at radius 1 is 1.29 bits per heavy atom. The molecule has 1 aliphatic heterocycles. The van der Waals surface area contributed by atoms with Crippen LogP contribution < -0.4 is 4.74 Å². The van der Waals surface area contributed by atoms with Gasteiger partial charge >= 0.3 is 0 Å². The predicted molar refractivity (Wildman–Crippen MR) is 65.9 cm³/mol. The van der Waals surface area contributed by atoms with Gasteiger partial charge in [-0.05, 0) is 31.5 Å². The van der Waals surface area contributed by atoms with Gasteiger partial charge in [0.05, 0.1) is 18.6 Å². The zero-order chi connectivity index (χ0) is 11.8. The van der Waals surface area contributed by atoms with Crippen LogP contribution >= 0.6 is 0 Å². The monoisotopic (exact) mass is 227 g/mol. The lowest BCUT2D eigenvalue weighted by Gasteiger charge is -2.15. The third-order valence-corrected chi connectivity index (χ3v) is 2.85. The minimum Gasteiger partial charge on any atom is -0.446 e. The van der Waals surface area contributed by atoms with Crippen LogP contribution in [-0.2, 0) is 6.54 Å². The average Bonchev–Trinajstić information content (AvgIpc) is 2.76. The topological polar surface area (TPSA) is 39.4 Å². The molecule has 86 valence electrons. The van der Waals surface area contributed by atoms with Crippen LogP contribution in [0.25, 0.3) is 5.69 Å². The molecule has 0 radical (unpaired) electrons. The highest BCUT2D eigenvalue weighted by atomic mass is 16.5. The summed E-state index contributed by atoms with van der Waals surface area (Å²) in [6, 6.07) is 4.19. The Morgan fingerprint density at radius 2 is 2.18 bits per heavy atom. The quantitative estimate of drug-likeness (QED) is 0.750. The van der Waals surface area contributed by atoms with Gasteiger partial charge in [-0.15, -0.1) is 0 Å². The number of aliphatic imine (C=N–C) groups is 1. The molecule has 4 heteroatoms. The second-order valence-electron chi connectivity index (χ2n) is 4.24. The molecule has 0 fully saturated rings. The van der Waals surface area contributed by atoms with Crippen LogP contribution in [0.4, 0.5) is 0 Å². The maximum absolute atomic E-state index is 5.43. The summed E-state index contributed by atoms with van der Waals surface area (Å²) in [4.78, 5) is 8.36. The van der Waals surface area contributed by atoms with Gasteiger partial charge in [0.1, 0.15) is 5.75 Å². The van der Waals surface area contributed by atoms with Crippen molar-refractivity contribution in [3.63, 3.8) is 0 Å². The van der Waals surface area contributed by atoms with E-state index < -0.39 is 0 Å². The van der Waals surface area contributed by atoms with Crippen LogP contribution in [0.15, 0.2) is 29.6 Å². The first kappa shape index (κ1) is 10.1. The van der Waals surface area contributed by atoms with Gasteiger partial charge in [-0.1, -0.05) is 0 Å². The van der Waals surface area contributed by atoms with Crippen LogP contribution in [0.5, 0.6) is 5.75 Å². The number of imidazole rings is 1. The Labute approximate surface area is 99.6 Å². The second-order valence-corrected chi connectivity index (χ2v) is 4.24. The van der Waals surface area contributed by atoms with Crippen molar-refractivity contribution in [3.05, 3.63) is 41.5 Å². The molecule has 0 amide bonds. The summed E-state index contributed by atoms with van der Waals surface area (Å²) in [6.45, 7) is 4.71. The summed E-state index contributed by atoms with van der Waals surface area (Å²) in [5, 5.41) is 0. The molecule has 0 saturated carbocycles. The number of benzene rings is 1. The van der Waals surface area contributed by atoms with E-state index in [-0.39, 0.29) is 0 Å². The van der Waals surface area contributed by atoms with Crippen molar-refractivity contribution in [2.45, 2.75) is 20.4 Å².